The Bertz CT molecular complexity index is 492. The lowest BCUT2D eigenvalue weighted by Crippen LogP contribution is -2.17. The van der Waals surface area contributed by atoms with Crippen molar-refractivity contribution in [1.82, 2.24) is 0 Å². The molecule has 21 heavy (non-hydrogen) atoms. The summed E-state index contributed by atoms with van der Waals surface area (Å²) in [5.41, 5.74) is 4.18. The van der Waals surface area contributed by atoms with Crippen molar-refractivity contribution in [1.29, 1.82) is 0 Å². The van der Waals surface area contributed by atoms with Gasteiger partial charge in [0.1, 0.15) is 0 Å². The molecule has 1 aromatic rings. The molecule has 1 aromatic carbocycles. The Morgan fingerprint density at radius 1 is 1.38 bits per heavy atom. The van der Waals surface area contributed by atoms with E-state index in [0.29, 0.717) is 13.0 Å². The van der Waals surface area contributed by atoms with Gasteiger partial charge in [0.2, 0.25) is 5.91 Å². The van der Waals surface area contributed by atoms with Gasteiger partial charge in [-0.25, -0.2) is 0 Å². The van der Waals surface area contributed by atoms with Crippen LogP contribution in [0.15, 0.2) is 18.2 Å². The van der Waals surface area contributed by atoms with E-state index in [1.807, 2.05) is 6.92 Å². The molecule has 0 aliphatic heterocycles. The molecule has 0 fully saturated rings. The number of hydrogen-bond donors (Lipinski definition) is 2. The molecular weight excluding hydrogens is 305 g/mol. The summed E-state index contributed by atoms with van der Waals surface area (Å²) in [5, 5.41) is 2.26. The van der Waals surface area contributed by atoms with Crippen molar-refractivity contribution in [3.63, 3.8) is 0 Å². The maximum absolute atomic E-state index is 12.9. The molecule has 1 rings (SSSR count). The second-order valence-corrected chi connectivity index (χ2v) is 5.39. The minimum absolute atomic E-state index is 0.0307. The number of nitrogens with two attached hydrogens (primary N) is 1. The lowest BCUT2D eigenvalue weighted by atomic mass is 10.0. The molecule has 0 aromatic heterocycles. The van der Waals surface area contributed by atoms with E-state index >= 15 is 0 Å². The summed E-state index contributed by atoms with van der Waals surface area (Å²) in [6, 6.07) is 3.27. The highest BCUT2D eigenvalue weighted by molar-refractivity contribution is 6.30. The first-order valence-electron chi connectivity index (χ1n) is 6.60. The Morgan fingerprint density at radius 2 is 2.05 bits per heavy atom. The number of nitrogens with one attached hydrogen (secondary N) is 1. The lowest BCUT2D eigenvalue weighted by Gasteiger charge is -2.15. The van der Waals surface area contributed by atoms with Gasteiger partial charge in [-0.2, -0.15) is 13.2 Å². The van der Waals surface area contributed by atoms with Gasteiger partial charge in [-0.1, -0.05) is 18.5 Å². The predicted octanol–water partition coefficient (Wildman–Crippen LogP) is 4.06. The Morgan fingerprint density at radius 3 is 2.62 bits per heavy atom. The van der Waals surface area contributed by atoms with E-state index in [1.165, 1.54) is 6.07 Å². The van der Waals surface area contributed by atoms with Gasteiger partial charge in [0.15, 0.2) is 0 Å². The predicted molar refractivity (Wildman–Crippen MR) is 77.2 cm³/mol. The third-order valence-corrected chi connectivity index (χ3v) is 3.32. The normalized spacial score (nSPS) is 13.0. The van der Waals surface area contributed by atoms with Crippen LogP contribution in [-0.2, 0) is 11.0 Å². The van der Waals surface area contributed by atoms with Crippen LogP contribution >= 0.6 is 11.6 Å². The molecular formula is C14H18ClF3N2O. The summed E-state index contributed by atoms with van der Waals surface area (Å²) in [5.74, 6) is -0.195. The monoisotopic (exact) mass is 322 g/mol. The van der Waals surface area contributed by atoms with Gasteiger partial charge in [0, 0.05) is 11.4 Å². The molecule has 0 spiro atoms. The zero-order valence-corrected chi connectivity index (χ0v) is 12.4. The van der Waals surface area contributed by atoms with Crippen LogP contribution < -0.4 is 11.1 Å². The van der Waals surface area contributed by atoms with Crippen molar-refractivity contribution in [3.8, 4) is 0 Å². The van der Waals surface area contributed by atoms with Gasteiger partial charge in [-0.05, 0) is 43.5 Å². The van der Waals surface area contributed by atoms with E-state index in [1.54, 1.807) is 0 Å². The average Bonchev–Trinajstić information content (AvgIpc) is 2.38. The first-order chi connectivity index (χ1) is 9.74. The summed E-state index contributed by atoms with van der Waals surface area (Å²) in [6.45, 7) is 2.47. The molecule has 1 atom stereocenters. The minimum atomic E-state index is -4.57. The summed E-state index contributed by atoms with van der Waals surface area (Å²) in [4.78, 5) is 11.7. The molecule has 1 unspecified atom stereocenters. The SMILES string of the molecule is CC(CCN)CCC(=O)Nc1ccc(Cl)cc1C(F)(F)F. The molecule has 0 saturated heterocycles. The number of benzene rings is 1. The molecule has 0 aliphatic carbocycles. The number of carbonyl (C=O) groups is 1. The van der Waals surface area contributed by atoms with Gasteiger partial charge >= 0.3 is 6.18 Å². The fourth-order valence-electron chi connectivity index (χ4n) is 1.88. The Labute approximate surface area is 126 Å². The van der Waals surface area contributed by atoms with Gasteiger partial charge in [-0.15, -0.1) is 0 Å². The van der Waals surface area contributed by atoms with Crippen molar-refractivity contribution < 1.29 is 18.0 Å². The van der Waals surface area contributed by atoms with Gasteiger partial charge < -0.3 is 11.1 Å². The van der Waals surface area contributed by atoms with E-state index in [-0.39, 0.29) is 23.0 Å². The van der Waals surface area contributed by atoms with E-state index in [4.69, 9.17) is 17.3 Å². The number of anilines is 1. The fraction of sp³-hybridized carbons (Fsp3) is 0.500. The second kappa shape index (κ2) is 7.66. The maximum atomic E-state index is 12.9. The molecule has 0 radical (unpaired) electrons. The van der Waals surface area contributed by atoms with E-state index in [0.717, 1.165) is 18.6 Å². The first-order valence-corrected chi connectivity index (χ1v) is 6.98. The van der Waals surface area contributed by atoms with Crippen LogP contribution in [-0.4, -0.2) is 12.5 Å². The van der Waals surface area contributed by atoms with Crippen LogP contribution in [0.25, 0.3) is 0 Å². The quantitative estimate of drug-likeness (QED) is 0.829. The molecule has 3 nitrogen and oxygen atoms in total. The van der Waals surface area contributed by atoms with Gasteiger partial charge in [0.25, 0.3) is 0 Å². The Hall–Kier alpha value is -1.27. The summed E-state index contributed by atoms with van der Waals surface area (Å²) in [6.07, 6.45) is -3.05. The highest BCUT2D eigenvalue weighted by atomic mass is 35.5. The number of hydrogen-bond acceptors (Lipinski definition) is 2. The zero-order chi connectivity index (χ0) is 16.0. The molecule has 7 heteroatoms. The lowest BCUT2D eigenvalue weighted by molar-refractivity contribution is -0.137. The number of carbonyl (C=O) groups excluding carboxylic acids is 1. The van der Waals surface area contributed by atoms with E-state index in [9.17, 15) is 18.0 Å². The van der Waals surface area contributed by atoms with Crippen molar-refractivity contribution in [2.45, 2.75) is 32.4 Å². The third-order valence-electron chi connectivity index (χ3n) is 3.08. The van der Waals surface area contributed by atoms with Crippen molar-refractivity contribution in [3.05, 3.63) is 28.8 Å². The van der Waals surface area contributed by atoms with Gasteiger partial charge in [0.05, 0.1) is 11.3 Å². The van der Waals surface area contributed by atoms with E-state index in [2.05, 4.69) is 5.32 Å². The van der Waals surface area contributed by atoms with Crippen LogP contribution in [0, 0.1) is 5.92 Å². The highest BCUT2D eigenvalue weighted by Gasteiger charge is 2.34. The minimum Gasteiger partial charge on any atom is -0.330 e. The van der Waals surface area contributed by atoms with Crippen LogP contribution in [0.4, 0.5) is 18.9 Å². The standard InChI is InChI=1S/C14H18ClF3N2O/c1-9(6-7-19)2-5-13(21)20-12-4-3-10(15)8-11(12)14(16,17)18/h3-4,8-9H,2,5-7,19H2,1H3,(H,20,21). The molecule has 118 valence electrons. The molecule has 3 N–H and O–H groups in total. The highest BCUT2D eigenvalue weighted by Crippen LogP contribution is 2.36. The number of halogens is 4. The van der Waals surface area contributed by atoms with E-state index < -0.39 is 17.6 Å². The molecule has 0 saturated carbocycles. The van der Waals surface area contributed by atoms with Crippen LogP contribution in [0.1, 0.15) is 31.7 Å². The molecule has 0 aliphatic rings. The zero-order valence-electron chi connectivity index (χ0n) is 11.6. The summed E-state index contributed by atoms with van der Waals surface area (Å²) >= 11 is 5.57. The Kier molecular flexibility index (Phi) is 6.48. The fourth-order valence-corrected chi connectivity index (χ4v) is 2.05. The molecule has 0 bridgehead atoms. The molecule has 0 heterocycles. The summed E-state index contributed by atoms with van der Waals surface area (Å²) in [7, 11) is 0. The topological polar surface area (TPSA) is 55.1 Å². The average molecular weight is 323 g/mol. The number of alkyl halides is 3. The second-order valence-electron chi connectivity index (χ2n) is 4.96. The van der Waals surface area contributed by atoms with Crippen molar-refractivity contribution in [2.24, 2.45) is 11.7 Å². The summed E-state index contributed by atoms with van der Waals surface area (Å²) < 4.78 is 38.6. The van der Waals surface area contributed by atoms with Crippen molar-refractivity contribution >= 4 is 23.2 Å². The molecule has 1 amide bonds. The third kappa shape index (κ3) is 5.93. The van der Waals surface area contributed by atoms with Crippen molar-refractivity contribution in [2.75, 3.05) is 11.9 Å². The maximum Gasteiger partial charge on any atom is 0.418 e. The van der Waals surface area contributed by atoms with Crippen LogP contribution in [0.3, 0.4) is 0 Å². The largest absolute Gasteiger partial charge is 0.418 e. The van der Waals surface area contributed by atoms with Crippen LogP contribution in [0.5, 0.6) is 0 Å². The first kappa shape index (κ1) is 17.8. The van der Waals surface area contributed by atoms with Crippen LogP contribution in [0.2, 0.25) is 5.02 Å². The smallest absolute Gasteiger partial charge is 0.330 e. The number of rotatable bonds is 6. The van der Waals surface area contributed by atoms with Gasteiger partial charge in [-0.3, -0.25) is 4.79 Å². The number of amides is 1. The Balaban J connectivity index is 2.72.